The molecule has 0 aliphatic carbocycles. The molecule has 0 saturated carbocycles. The number of benzene rings is 2. The van der Waals surface area contributed by atoms with Crippen LogP contribution in [0.25, 0.3) is 22.6 Å². The summed E-state index contributed by atoms with van der Waals surface area (Å²) >= 11 is 6.30. The van der Waals surface area contributed by atoms with Gasteiger partial charge in [-0.2, -0.15) is 0 Å². The number of nitrogens with one attached hydrogen (secondary N) is 1. The second-order valence-corrected chi connectivity index (χ2v) is 6.68. The SMILES string of the molecule is OCCCNc1nc(-c2ccccc2)nc2c1nnn2Cc1ccccc1Cl. The molecule has 8 heteroatoms. The maximum Gasteiger partial charge on any atom is 0.184 e. The molecule has 7 nitrogen and oxygen atoms in total. The minimum Gasteiger partial charge on any atom is -0.396 e. The molecule has 2 aromatic carbocycles. The third kappa shape index (κ3) is 3.81. The van der Waals surface area contributed by atoms with Gasteiger partial charge in [-0.15, -0.1) is 5.10 Å². The highest BCUT2D eigenvalue weighted by Gasteiger charge is 2.16. The van der Waals surface area contributed by atoms with E-state index in [2.05, 4.69) is 20.6 Å². The Hall–Kier alpha value is -3.03. The van der Waals surface area contributed by atoms with Crippen molar-refractivity contribution in [3.05, 3.63) is 65.2 Å². The number of aliphatic hydroxyl groups excluding tert-OH is 1. The Morgan fingerprint density at radius 1 is 1.00 bits per heavy atom. The lowest BCUT2D eigenvalue weighted by molar-refractivity contribution is 0.292. The standard InChI is InChI=1S/C20H19ClN6O/c21-16-10-5-4-9-15(16)13-27-20-17(25-26-27)19(22-11-6-12-28)23-18(24-20)14-7-2-1-3-8-14/h1-5,7-10,28H,6,11-13H2,(H,22,23,24). The number of anilines is 1. The molecule has 0 amide bonds. The molecule has 2 aromatic heterocycles. The summed E-state index contributed by atoms with van der Waals surface area (Å²) in [6.07, 6.45) is 0.611. The molecular weight excluding hydrogens is 376 g/mol. The van der Waals surface area contributed by atoms with E-state index in [-0.39, 0.29) is 6.61 Å². The molecule has 0 aliphatic heterocycles. The number of rotatable bonds is 7. The van der Waals surface area contributed by atoms with Crippen molar-refractivity contribution in [1.82, 2.24) is 25.0 Å². The van der Waals surface area contributed by atoms with Gasteiger partial charge in [-0.3, -0.25) is 0 Å². The monoisotopic (exact) mass is 394 g/mol. The Labute approximate surface area is 167 Å². The Morgan fingerprint density at radius 2 is 1.79 bits per heavy atom. The average Bonchev–Trinajstić information content (AvgIpc) is 3.13. The van der Waals surface area contributed by atoms with Crippen molar-refractivity contribution >= 4 is 28.6 Å². The van der Waals surface area contributed by atoms with Crippen LogP contribution in [0.2, 0.25) is 5.02 Å². The number of fused-ring (bicyclic) bond motifs is 1. The van der Waals surface area contributed by atoms with Gasteiger partial charge in [-0.05, 0) is 18.1 Å². The highest BCUT2D eigenvalue weighted by Crippen LogP contribution is 2.24. The Balaban J connectivity index is 1.79. The van der Waals surface area contributed by atoms with E-state index in [1.54, 1.807) is 4.68 Å². The predicted octanol–water partition coefficient (Wildman–Crippen LogP) is 3.38. The second kappa shape index (κ2) is 8.33. The van der Waals surface area contributed by atoms with Crippen LogP contribution in [0.3, 0.4) is 0 Å². The van der Waals surface area contributed by atoms with Gasteiger partial charge in [-0.25, -0.2) is 14.6 Å². The van der Waals surface area contributed by atoms with Gasteiger partial charge in [0.15, 0.2) is 22.8 Å². The maximum absolute atomic E-state index is 9.07. The lowest BCUT2D eigenvalue weighted by Crippen LogP contribution is -2.08. The van der Waals surface area contributed by atoms with E-state index in [9.17, 15) is 0 Å². The van der Waals surface area contributed by atoms with Crippen molar-refractivity contribution in [3.8, 4) is 11.4 Å². The van der Waals surface area contributed by atoms with E-state index in [1.165, 1.54) is 0 Å². The molecule has 2 heterocycles. The molecule has 2 N–H and O–H groups in total. The first-order valence-corrected chi connectivity index (χ1v) is 9.39. The average molecular weight is 395 g/mol. The molecule has 4 rings (SSSR count). The summed E-state index contributed by atoms with van der Waals surface area (Å²) in [6.45, 7) is 1.14. The van der Waals surface area contributed by atoms with Gasteiger partial charge in [-0.1, -0.05) is 65.3 Å². The molecule has 28 heavy (non-hydrogen) atoms. The Morgan fingerprint density at radius 3 is 2.57 bits per heavy atom. The van der Waals surface area contributed by atoms with E-state index in [0.29, 0.717) is 47.3 Å². The molecule has 0 radical (unpaired) electrons. The van der Waals surface area contributed by atoms with Crippen molar-refractivity contribution in [3.63, 3.8) is 0 Å². The molecule has 0 atom stereocenters. The van der Waals surface area contributed by atoms with Crippen LogP contribution < -0.4 is 5.32 Å². The van der Waals surface area contributed by atoms with Crippen LogP contribution >= 0.6 is 11.6 Å². The molecule has 0 bridgehead atoms. The van der Waals surface area contributed by atoms with Crippen LogP contribution in [0.4, 0.5) is 5.82 Å². The summed E-state index contributed by atoms with van der Waals surface area (Å²) in [4.78, 5) is 9.35. The summed E-state index contributed by atoms with van der Waals surface area (Å²) in [5.41, 5.74) is 3.05. The third-order valence-corrected chi connectivity index (χ3v) is 4.67. The molecule has 0 spiro atoms. The minimum atomic E-state index is 0.103. The topological polar surface area (TPSA) is 88.8 Å². The van der Waals surface area contributed by atoms with Gasteiger partial charge in [0.2, 0.25) is 0 Å². The molecule has 0 aliphatic rings. The van der Waals surface area contributed by atoms with Crippen LogP contribution in [0, 0.1) is 0 Å². The molecule has 0 saturated heterocycles. The number of hydrogen-bond donors (Lipinski definition) is 2. The van der Waals surface area contributed by atoms with E-state index in [1.807, 2.05) is 54.6 Å². The first kappa shape index (κ1) is 18.3. The summed E-state index contributed by atoms with van der Waals surface area (Å²) in [7, 11) is 0. The summed E-state index contributed by atoms with van der Waals surface area (Å²) in [6, 6.07) is 17.4. The van der Waals surface area contributed by atoms with Crippen LogP contribution in [-0.2, 0) is 6.54 Å². The normalized spacial score (nSPS) is 11.1. The largest absolute Gasteiger partial charge is 0.396 e. The van der Waals surface area contributed by atoms with Crippen LogP contribution in [0.15, 0.2) is 54.6 Å². The smallest absolute Gasteiger partial charge is 0.184 e. The molecule has 4 aromatic rings. The molecular formula is C20H19ClN6O. The van der Waals surface area contributed by atoms with E-state index in [0.717, 1.165) is 11.1 Å². The highest BCUT2D eigenvalue weighted by atomic mass is 35.5. The molecule has 0 fully saturated rings. The fraction of sp³-hybridized carbons (Fsp3) is 0.200. The van der Waals surface area contributed by atoms with Gasteiger partial charge in [0.05, 0.1) is 6.54 Å². The lowest BCUT2D eigenvalue weighted by atomic mass is 10.2. The fourth-order valence-electron chi connectivity index (χ4n) is 2.88. The van der Waals surface area contributed by atoms with Crippen molar-refractivity contribution in [2.24, 2.45) is 0 Å². The first-order chi connectivity index (χ1) is 13.8. The Kier molecular flexibility index (Phi) is 5.45. The molecule has 142 valence electrons. The van der Waals surface area contributed by atoms with Crippen LogP contribution in [0.1, 0.15) is 12.0 Å². The summed E-state index contributed by atoms with van der Waals surface area (Å²) < 4.78 is 1.72. The zero-order valence-electron chi connectivity index (χ0n) is 15.1. The predicted molar refractivity (Wildman–Crippen MR) is 109 cm³/mol. The van der Waals surface area contributed by atoms with Crippen LogP contribution in [0.5, 0.6) is 0 Å². The zero-order valence-corrected chi connectivity index (χ0v) is 15.8. The second-order valence-electron chi connectivity index (χ2n) is 6.28. The van der Waals surface area contributed by atoms with E-state index < -0.39 is 0 Å². The number of halogens is 1. The van der Waals surface area contributed by atoms with Crippen molar-refractivity contribution in [1.29, 1.82) is 0 Å². The van der Waals surface area contributed by atoms with Crippen molar-refractivity contribution in [2.75, 3.05) is 18.5 Å². The van der Waals surface area contributed by atoms with Crippen LogP contribution in [-0.4, -0.2) is 43.2 Å². The zero-order chi connectivity index (χ0) is 19.3. The fourth-order valence-corrected chi connectivity index (χ4v) is 3.07. The number of aromatic nitrogens is 5. The van der Waals surface area contributed by atoms with Gasteiger partial charge in [0, 0.05) is 23.7 Å². The number of hydrogen-bond acceptors (Lipinski definition) is 6. The molecule has 0 unspecified atom stereocenters. The van der Waals surface area contributed by atoms with Gasteiger partial charge >= 0.3 is 0 Å². The van der Waals surface area contributed by atoms with Gasteiger partial charge in [0.25, 0.3) is 0 Å². The highest BCUT2D eigenvalue weighted by molar-refractivity contribution is 6.31. The minimum absolute atomic E-state index is 0.103. The van der Waals surface area contributed by atoms with Gasteiger partial charge < -0.3 is 10.4 Å². The van der Waals surface area contributed by atoms with E-state index in [4.69, 9.17) is 21.7 Å². The summed E-state index contributed by atoms with van der Waals surface area (Å²) in [5, 5.41) is 21.5. The summed E-state index contributed by atoms with van der Waals surface area (Å²) in [5.74, 6) is 1.19. The van der Waals surface area contributed by atoms with Crippen molar-refractivity contribution < 1.29 is 5.11 Å². The van der Waals surface area contributed by atoms with E-state index >= 15 is 0 Å². The number of nitrogens with zero attached hydrogens (tertiary/aromatic N) is 5. The van der Waals surface area contributed by atoms with Crippen molar-refractivity contribution in [2.45, 2.75) is 13.0 Å². The Bertz CT molecular complexity index is 1080. The lowest BCUT2D eigenvalue weighted by Gasteiger charge is -2.09. The maximum atomic E-state index is 9.07. The van der Waals surface area contributed by atoms with Gasteiger partial charge in [0.1, 0.15) is 0 Å². The first-order valence-electron chi connectivity index (χ1n) is 9.01. The third-order valence-electron chi connectivity index (χ3n) is 4.30. The quantitative estimate of drug-likeness (QED) is 0.467. The number of aliphatic hydroxyl groups is 1.